The molecule has 98 valence electrons. The molecule has 1 saturated heterocycles. The Bertz CT molecular complexity index is 383. The summed E-state index contributed by atoms with van der Waals surface area (Å²) in [6.07, 6.45) is -1.06. The van der Waals surface area contributed by atoms with Crippen molar-refractivity contribution in [3.63, 3.8) is 0 Å². The van der Waals surface area contributed by atoms with Crippen molar-refractivity contribution in [2.45, 2.75) is 12.6 Å². The lowest BCUT2D eigenvalue weighted by Gasteiger charge is -2.32. The van der Waals surface area contributed by atoms with Gasteiger partial charge in [-0.25, -0.2) is 4.79 Å². The standard InChI is InChI=1S/C13H18N2O3/c16-13(17)14-8-12-10-15(6-7-18-12)9-11-4-2-1-3-5-11/h1-5,12,14H,6-10H2,(H,16,17)/t12-/m0/s1. The van der Waals surface area contributed by atoms with Crippen molar-refractivity contribution < 1.29 is 14.6 Å². The summed E-state index contributed by atoms with van der Waals surface area (Å²) in [5.41, 5.74) is 1.27. The number of nitrogens with zero attached hydrogens (tertiary/aromatic N) is 1. The number of hydrogen-bond donors (Lipinski definition) is 2. The van der Waals surface area contributed by atoms with Crippen LogP contribution in [0.2, 0.25) is 0 Å². The molecule has 18 heavy (non-hydrogen) atoms. The van der Waals surface area contributed by atoms with Gasteiger partial charge in [0, 0.05) is 26.2 Å². The van der Waals surface area contributed by atoms with Gasteiger partial charge in [-0.1, -0.05) is 30.3 Å². The highest BCUT2D eigenvalue weighted by molar-refractivity contribution is 5.64. The molecular formula is C13H18N2O3. The lowest BCUT2D eigenvalue weighted by atomic mass is 10.2. The van der Waals surface area contributed by atoms with Gasteiger partial charge < -0.3 is 15.2 Å². The minimum atomic E-state index is -1.00. The first kappa shape index (κ1) is 12.9. The lowest BCUT2D eigenvalue weighted by molar-refractivity contribution is -0.0293. The van der Waals surface area contributed by atoms with Crippen molar-refractivity contribution in [1.29, 1.82) is 0 Å². The lowest BCUT2D eigenvalue weighted by Crippen LogP contribution is -2.46. The van der Waals surface area contributed by atoms with Gasteiger partial charge in [-0.05, 0) is 5.56 Å². The molecule has 0 saturated carbocycles. The van der Waals surface area contributed by atoms with E-state index in [9.17, 15) is 4.79 Å². The summed E-state index contributed by atoms with van der Waals surface area (Å²) in [5.74, 6) is 0. The Hall–Kier alpha value is -1.59. The number of amides is 1. The van der Waals surface area contributed by atoms with Crippen LogP contribution < -0.4 is 5.32 Å². The SMILES string of the molecule is O=C(O)NC[C@H]1CN(Cc2ccccc2)CCO1. The predicted molar refractivity (Wildman–Crippen MR) is 67.5 cm³/mol. The molecule has 2 rings (SSSR count). The first-order chi connectivity index (χ1) is 8.74. The van der Waals surface area contributed by atoms with E-state index in [-0.39, 0.29) is 6.10 Å². The van der Waals surface area contributed by atoms with Gasteiger partial charge in [0.2, 0.25) is 0 Å². The van der Waals surface area contributed by atoms with Gasteiger partial charge in [0.15, 0.2) is 0 Å². The van der Waals surface area contributed by atoms with Crippen molar-refractivity contribution in [1.82, 2.24) is 10.2 Å². The number of carbonyl (C=O) groups is 1. The molecule has 0 aliphatic carbocycles. The minimum absolute atomic E-state index is 0.0569. The number of benzene rings is 1. The maximum atomic E-state index is 10.4. The van der Waals surface area contributed by atoms with Gasteiger partial charge in [-0.2, -0.15) is 0 Å². The smallest absolute Gasteiger partial charge is 0.404 e. The third kappa shape index (κ3) is 4.01. The van der Waals surface area contributed by atoms with Crippen LogP contribution in [-0.4, -0.2) is 48.4 Å². The number of ether oxygens (including phenoxy) is 1. The van der Waals surface area contributed by atoms with Gasteiger partial charge >= 0.3 is 6.09 Å². The highest BCUT2D eigenvalue weighted by Gasteiger charge is 2.20. The Balaban J connectivity index is 1.81. The van der Waals surface area contributed by atoms with Crippen LogP contribution in [0.4, 0.5) is 4.79 Å². The van der Waals surface area contributed by atoms with Crippen molar-refractivity contribution in [3.8, 4) is 0 Å². The Morgan fingerprint density at radius 2 is 2.22 bits per heavy atom. The van der Waals surface area contributed by atoms with E-state index >= 15 is 0 Å². The monoisotopic (exact) mass is 250 g/mol. The van der Waals surface area contributed by atoms with Crippen molar-refractivity contribution >= 4 is 6.09 Å². The molecule has 0 aromatic heterocycles. The first-order valence-corrected chi connectivity index (χ1v) is 6.09. The van der Waals surface area contributed by atoms with Gasteiger partial charge in [-0.3, -0.25) is 4.90 Å². The third-order valence-corrected chi connectivity index (χ3v) is 2.95. The summed E-state index contributed by atoms with van der Waals surface area (Å²) in [5, 5.41) is 10.9. The van der Waals surface area contributed by atoms with Gasteiger partial charge in [0.25, 0.3) is 0 Å². The van der Waals surface area contributed by atoms with Gasteiger partial charge in [0.05, 0.1) is 12.7 Å². The summed E-state index contributed by atoms with van der Waals surface area (Å²) in [6.45, 7) is 3.53. The summed E-state index contributed by atoms with van der Waals surface area (Å²) >= 11 is 0. The van der Waals surface area contributed by atoms with E-state index in [2.05, 4.69) is 22.3 Å². The highest BCUT2D eigenvalue weighted by atomic mass is 16.5. The minimum Gasteiger partial charge on any atom is -0.465 e. The summed E-state index contributed by atoms with van der Waals surface area (Å²) in [6, 6.07) is 10.3. The van der Waals surface area contributed by atoms with Crippen LogP contribution in [0.5, 0.6) is 0 Å². The van der Waals surface area contributed by atoms with E-state index < -0.39 is 6.09 Å². The van der Waals surface area contributed by atoms with E-state index in [4.69, 9.17) is 9.84 Å². The predicted octanol–water partition coefficient (Wildman–Crippen LogP) is 1.15. The molecule has 1 aliphatic heterocycles. The molecule has 1 aliphatic rings. The molecule has 1 aromatic rings. The van der Waals surface area contributed by atoms with Crippen molar-refractivity contribution in [3.05, 3.63) is 35.9 Å². The van der Waals surface area contributed by atoms with Crippen LogP contribution >= 0.6 is 0 Å². The average molecular weight is 250 g/mol. The zero-order valence-electron chi connectivity index (χ0n) is 10.2. The zero-order valence-corrected chi connectivity index (χ0v) is 10.2. The van der Waals surface area contributed by atoms with Crippen LogP contribution in [0.1, 0.15) is 5.56 Å². The second kappa shape index (κ2) is 6.37. The molecule has 1 aromatic carbocycles. The molecule has 0 spiro atoms. The molecule has 0 unspecified atom stereocenters. The normalized spacial score (nSPS) is 20.6. The third-order valence-electron chi connectivity index (χ3n) is 2.95. The number of carboxylic acid groups (broad SMARTS) is 1. The molecule has 2 N–H and O–H groups in total. The van der Waals surface area contributed by atoms with E-state index in [0.29, 0.717) is 13.2 Å². The first-order valence-electron chi connectivity index (χ1n) is 6.09. The number of rotatable bonds is 4. The van der Waals surface area contributed by atoms with Crippen LogP contribution in [0.15, 0.2) is 30.3 Å². The molecule has 1 heterocycles. The fraction of sp³-hybridized carbons (Fsp3) is 0.462. The van der Waals surface area contributed by atoms with Crippen LogP contribution in [-0.2, 0) is 11.3 Å². The topological polar surface area (TPSA) is 61.8 Å². The molecule has 5 nitrogen and oxygen atoms in total. The molecule has 1 atom stereocenters. The van der Waals surface area contributed by atoms with E-state index in [1.54, 1.807) is 0 Å². The average Bonchev–Trinajstić information content (AvgIpc) is 2.38. The van der Waals surface area contributed by atoms with E-state index in [1.165, 1.54) is 5.56 Å². The van der Waals surface area contributed by atoms with E-state index in [1.807, 2.05) is 18.2 Å². The molecule has 0 bridgehead atoms. The number of hydrogen-bond acceptors (Lipinski definition) is 3. The fourth-order valence-corrected chi connectivity index (χ4v) is 2.09. The Labute approximate surface area is 106 Å². The van der Waals surface area contributed by atoms with Crippen LogP contribution in [0, 0.1) is 0 Å². The fourth-order valence-electron chi connectivity index (χ4n) is 2.09. The maximum Gasteiger partial charge on any atom is 0.404 e. The highest BCUT2D eigenvalue weighted by Crippen LogP contribution is 2.09. The van der Waals surface area contributed by atoms with Crippen molar-refractivity contribution in [2.75, 3.05) is 26.2 Å². The van der Waals surface area contributed by atoms with E-state index in [0.717, 1.165) is 19.6 Å². The Morgan fingerprint density at radius 1 is 1.44 bits per heavy atom. The van der Waals surface area contributed by atoms with Crippen LogP contribution in [0.25, 0.3) is 0 Å². The molecule has 5 heteroatoms. The second-order valence-electron chi connectivity index (χ2n) is 4.40. The Kier molecular flexibility index (Phi) is 4.55. The molecule has 0 radical (unpaired) electrons. The van der Waals surface area contributed by atoms with Crippen molar-refractivity contribution in [2.24, 2.45) is 0 Å². The second-order valence-corrected chi connectivity index (χ2v) is 4.40. The summed E-state index contributed by atoms with van der Waals surface area (Å²) < 4.78 is 5.53. The zero-order chi connectivity index (χ0) is 12.8. The number of nitrogens with one attached hydrogen (secondary N) is 1. The summed E-state index contributed by atoms with van der Waals surface area (Å²) in [4.78, 5) is 12.7. The quantitative estimate of drug-likeness (QED) is 0.841. The van der Waals surface area contributed by atoms with Crippen LogP contribution in [0.3, 0.4) is 0 Å². The largest absolute Gasteiger partial charge is 0.465 e. The summed E-state index contributed by atoms with van der Waals surface area (Å²) in [7, 11) is 0. The van der Waals surface area contributed by atoms with Gasteiger partial charge in [0.1, 0.15) is 0 Å². The molecule has 1 fully saturated rings. The number of morpholine rings is 1. The van der Waals surface area contributed by atoms with Gasteiger partial charge in [-0.15, -0.1) is 0 Å². The Morgan fingerprint density at radius 3 is 2.94 bits per heavy atom. The molecular weight excluding hydrogens is 232 g/mol. The molecule has 1 amide bonds. The maximum absolute atomic E-state index is 10.4.